The van der Waals surface area contributed by atoms with Gasteiger partial charge in [0.05, 0.1) is 10.6 Å². The molecule has 1 heterocycles. The number of rotatable bonds is 3. The minimum atomic E-state index is -0.110. The number of aliphatic imine (C=N–C) groups is 1. The summed E-state index contributed by atoms with van der Waals surface area (Å²) < 4.78 is 0. The van der Waals surface area contributed by atoms with Gasteiger partial charge in [-0.2, -0.15) is 0 Å². The lowest BCUT2D eigenvalue weighted by molar-refractivity contribution is -0.115. The van der Waals surface area contributed by atoms with Gasteiger partial charge in [-0.25, -0.2) is 4.99 Å². The van der Waals surface area contributed by atoms with Gasteiger partial charge in [-0.1, -0.05) is 30.3 Å². The molecule has 0 spiro atoms. The molecule has 0 atom stereocenters. The predicted octanol–water partition coefficient (Wildman–Crippen LogP) is 3.64. The summed E-state index contributed by atoms with van der Waals surface area (Å²) in [5, 5.41) is 3.41. The number of amides is 1. The summed E-state index contributed by atoms with van der Waals surface area (Å²) in [6, 6.07) is 17.7. The number of nitrogens with zero attached hydrogens (tertiary/aromatic N) is 2. The van der Waals surface area contributed by atoms with Crippen molar-refractivity contribution >= 4 is 40.3 Å². The van der Waals surface area contributed by atoms with Crippen LogP contribution in [0.15, 0.2) is 64.5 Å². The molecule has 0 saturated carbocycles. The van der Waals surface area contributed by atoms with Crippen molar-refractivity contribution in [3.8, 4) is 0 Å². The summed E-state index contributed by atoms with van der Waals surface area (Å²) in [5.41, 5.74) is 2.95. The number of anilines is 1. The monoisotopic (exact) mass is 323 g/mol. The molecule has 1 N–H and O–H groups in total. The molecule has 2 aromatic rings. The minimum absolute atomic E-state index is 0.110. The largest absolute Gasteiger partial charge is 0.378 e. The van der Waals surface area contributed by atoms with Gasteiger partial charge < -0.3 is 10.2 Å². The van der Waals surface area contributed by atoms with E-state index in [2.05, 4.69) is 10.3 Å². The van der Waals surface area contributed by atoms with Crippen molar-refractivity contribution in [2.45, 2.75) is 0 Å². The van der Waals surface area contributed by atoms with E-state index in [1.807, 2.05) is 79.7 Å². The molecule has 5 heteroatoms. The topological polar surface area (TPSA) is 44.7 Å². The first-order chi connectivity index (χ1) is 11.1. The predicted molar refractivity (Wildman–Crippen MR) is 98.0 cm³/mol. The van der Waals surface area contributed by atoms with Gasteiger partial charge in [0, 0.05) is 19.8 Å². The molecule has 1 aliphatic heterocycles. The minimum Gasteiger partial charge on any atom is -0.378 e. The second-order valence-corrected chi connectivity index (χ2v) is 6.33. The molecular formula is C18H17N3OS. The van der Waals surface area contributed by atoms with Gasteiger partial charge in [0.2, 0.25) is 0 Å². The molecule has 23 heavy (non-hydrogen) atoms. The zero-order valence-corrected chi connectivity index (χ0v) is 13.8. The van der Waals surface area contributed by atoms with Crippen LogP contribution in [-0.4, -0.2) is 25.2 Å². The second kappa shape index (κ2) is 6.71. The Balaban J connectivity index is 1.78. The van der Waals surface area contributed by atoms with E-state index in [1.54, 1.807) is 0 Å². The molecule has 1 fully saturated rings. The van der Waals surface area contributed by atoms with Gasteiger partial charge in [0.1, 0.15) is 0 Å². The van der Waals surface area contributed by atoms with Gasteiger partial charge in [-0.05, 0) is 47.7 Å². The number of thioether (sulfide) groups is 1. The fourth-order valence-electron chi connectivity index (χ4n) is 2.12. The van der Waals surface area contributed by atoms with E-state index in [-0.39, 0.29) is 5.91 Å². The first-order valence-corrected chi connectivity index (χ1v) is 8.05. The van der Waals surface area contributed by atoms with Gasteiger partial charge in [-0.3, -0.25) is 4.79 Å². The average molecular weight is 323 g/mol. The summed E-state index contributed by atoms with van der Waals surface area (Å²) in [4.78, 5) is 19.2. The summed E-state index contributed by atoms with van der Waals surface area (Å²) >= 11 is 1.36. The number of carbonyl (C=O) groups is 1. The van der Waals surface area contributed by atoms with Crippen molar-refractivity contribution in [2.24, 2.45) is 4.99 Å². The molecule has 1 aliphatic rings. The molecule has 0 bridgehead atoms. The lowest BCUT2D eigenvalue weighted by Crippen LogP contribution is -2.19. The van der Waals surface area contributed by atoms with Crippen molar-refractivity contribution in [3.05, 3.63) is 65.1 Å². The number of benzene rings is 2. The summed E-state index contributed by atoms with van der Waals surface area (Å²) in [5.74, 6) is -0.110. The van der Waals surface area contributed by atoms with Gasteiger partial charge in [0.15, 0.2) is 5.17 Å². The smallest absolute Gasteiger partial charge is 0.264 e. The van der Waals surface area contributed by atoms with Crippen molar-refractivity contribution in [2.75, 3.05) is 19.0 Å². The van der Waals surface area contributed by atoms with Gasteiger partial charge in [-0.15, -0.1) is 0 Å². The third kappa shape index (κ3) is 3.81. The highest BCUT2D eigenvalue weighted by Gasteiger charge is 2.23. The molecule has 0 radical (unpaired) electrons. The van der Waals surface area contributed by atoms with Gasteiger partial charge in [0.25, 0.3) is 5.91 Å². The van der Waals surface area contributed by atoms with E-state index in [4.69, 9.17) is 0 Å². The maximum atomic E-state index is 12.1. The van der Waals surface area contributed by atoms with E-state index >= 15 is 0 Å². The van der Waals surface area contributed by atoms with E-state index in [0.29, 0.717) is 10.1 Å². The Labute approximate surface area is 139 Å². The van der Waals surface area contributed by atoms with Crippen LogP contribution >= 0.6 is 11.8 Å². The Morgan fingerprint density at radius 2 is 1.74 bits per heavy atom. The van der Waals surface area contributed by atoms with Crippen LogP contribution in [0.1, 0.15) is 5.56 Å². The lowest BCUT2D eigenvalue weighted by atomic mass is 10.2. The quantitative estimate of drug-likeness (QED) is 0.877. The fourth-order valence-corrected chi connectivity index (χ4v) is 2.96. The van der Waals surface area contributed by atoms with E-state index in [1.165, 1.54) is 11.8 Å². The van der Waals surface area contributed by atoms with Crippen LogP contribution in [-0.2, 0) is 4.79 Å². The van der Waals surface area contributed by atoms with Crippen LogP contribution in [0.25, 0.3) is 6.08 Å². The highest BCUT2D eigenvalue weighted by Crippen LogP contribution is 2.28. The lowest BCUT2D eigenvalue weighted by Gasteiger charge is -2.11. The molecule has 0 aromatic heterocycles. The second-order valence-electron chi connectivity index (χ2n) is 5.30. The highest BCUT2D eigenvalue weighted by atomic mass is 32.2. The molecule has 0 unspecified atom stereocenters. The van der Waals surface area contributed by atoms with Crippen molar-refractivity contribution < 1.29 is 4.79 Å². The average Bonchev–Trinajstić information content (AvgIpc) is 2.88. The molecule has 0 aliphatic carbocycles. The van der Waals surface area contributed by atoms with Crippen LogP contribution in [0.4, 0.5) is 11.4 Å². The first kappa shape index (κ1) is 15.4. The zero-order valence-electron chi connectivity index (χ0n) is 13.0. The number of para-hydroxylation sites is 1. The Hall–Kier alpha value is -2.53. The Morgan fingerprint density at radius 1 is 1.04 bits per heavy atom. The fraction of sp³-hybridized carbons (Fsp3) is 0.111. The van der Waals surface area contributed by atoms with Crippen LogP contribution in [0.2, 0.25) is 0 Å². The van der Waals surface area contributed by atoms with Crippen LogP contribution in [0, 0.1) is 0 Å². The number of carbonyl (C=O) groups excluding carboxylic acids is 1. The SMILES string of the molecule is CN(C)c1ccc(/C=C2\SC(=Nc3ccccc3)NC2=O)cc1. The number of hydrogen-bond donors (Lipinski definition) is 1. The molecular weight excluding hydrogens is 306 g/mol. The Kier molecular flexibility index (Phi) is 4.48. The number of amidine groups is 1. The third-order valence-electron chi connectivity index (χ3n) is 3.34. The summed E-state index contributed by atoms with van der Waals surface area (Å²) in [6.07, 6.45) is 1.88. The zero-order chi connectivity index (χ0) is 16.2. The van der Waals surface area contributed by atoms with E-state index in [0.717, 1.165) is 16.9 Å². The third-order valence-corrected chi connectivity index (χ3v) is 4.25. The van der Waals surface area contributed by atoms with Crippen LogP contribution in [0.3, 0.4) is 0 Å². The van der Waals surface area contributed by atoms with Gasteiger partial charge >= 0.3 is 0 Å². The number of nitrogens with one attached hydrogen (secondary N) is 1. The van der Waals surface area contributed by atoms with E-state index in [9.17, 15) is 4.79 Å². The Bertz CT molecular complexity index is 765. The Morgan fingerprint density at radius 3 is 2.39 bits per heavy atom. The molecule has 116 valence electrons. The summed E-state index contributed by atoms with van der Waals surface area (Å²) in [6.45, 7) is 0. The maximum Gasteiger partial charge on any atom is 0.264 e. The first-order valence-electron chi connectivity index (χ1n) is 7.24. The standard InChI is InChI=1S/C18H17N3OS/c1-21(2)15-10-8-13(9-11-15)12-16-17(22)20-18(23-16)19-14-6-4-3-5-7-14/h3-12H,1-2H3,(H,19,20,22)/b16-12-. The molecule has 4 nitrogen and oxygen atoms in total. The normalized spacial score (nSPS) is 17.6. The highest BCUT2D eigenvalue weighted by molar-refractivity contribution is 8.18. The van der Waals surface area contributed by atoms with Crippen LogP contribution < -0.4 is 10.2 Å². The van der Waals surface area contributed by atoms with Crippen molar-refractivity contribution in [1.82, 2.24) is 5.32 Å². The molecule has 2 aromatic carbocycles. The molecule has 3 rings (SSSR count). The molecule has 1 saturated heterocycles. The maximum absolute atomic E-state index is 12.1. The molecule has 1 amide bonds. The summed E-state index contributed by atoms with van der Waals surface area (Å²) in [7, 11) is 4.00. The van der Waals surface area contributed by atoms with Crippen molar-refractivity contribution in [3.63, 3.8) is 0 Å². The number of hydrogen-bond acceptors (Lipinski definition) is 4. The van der Waals surface area contributed by atoms with E-state index < -0.39 is 0 Å². The van der Waals surface area contributed by atoms with Crippen LogP contribution in [0.5, 0.6) is 0 Å². The van der Waals surface area contributed by atoms with Crippen molar-refractivity contribution in [1.29, 1.82) is 0 Å².